The molecule has 0 aliphatic carbocycles. The number of amides is 2. The highest BCUT2D eigenvalue weighted by Crippen LogP contribution is 2.13. The van der Waals surface area contributed by atoms with E-state index < -0.39 is 0 Å². The Balaban J connectivity index is 1.78. The Labute approximate surface area is 142 Å². The molecule has 2 rings (SSSR count). The summed E-state index contributed by atoms with van der Waals surface area (Å²) in [5.41, 5.74) is 1.51. The van der Waals surface area contributed by atoms with Gasteiger partial charge in [0.25, 0.3) is 0 Å². The summed E-state index contributed by atoms with van der Waals surface area (Å²) in [6, 6.07) is 14.2. The minimum atomic E-state index is -0.287. The molecule has 6 heteroatoms. The normalized spacial score (nSPS) is 10.1. The van der Waals surface area contributed by atoms with Crippen molar-refractivity contribution >= 4 is 45.0 Å². The van der Waals surface area contributed by atoms with E-state index in [0.29, 0.717) is 10.7 Å². The zero-order chi connectivity index (χ0) is 15.9. The fourth-order valence-corrected chi connectivity index (χ4v) is 2.38. The van der Waals surface area contributed by atoms with Gasteiger partial charge < -0.3 is 10.6 Å². The molecule has 0 aliphatic rings. The van der Waals surface area contributed by atoms with Crippen molar-refractivity contribution in [2.75, 3.05) is 11.9 Å². The molecule has 0 spiro atoms. The van der Waals surface area contributed by atoms with E-state index in [1.807, 2.05) is 24.3 Å². The summed E-state index contributed by atoms with van der Waals surface area (Å²) in [6.07, 6.45) is 0.230. The molecule has 2 aromatic carbocycles. The average Bonchev–Trinajstić information content (AvgIpc) is 2.48. The summed E-state index contributed by atoms with van der Waals surface area (Å²) in [5, 5.41) is 5.86. The molecule has 0 saturated carbocycles. The number of hydrogen-bond acceptors (Lipinski definition) is 2. The number of carbonyl (C=O) groups excluding carboxylic acids is 2. The highest BCUT2D eigenvalue weighted by Gasteiger charge is 2.07. The second-order valence-electron chi connectivity index (χ2n) is 4.64. The average molecular weight is 382 g/mol. The third-order valence-electron chi connectivity index (χ3n) is 2.83. The topological polar surface area (TPSA) is 58.2 Å². The van der Waals surface area contributed by atoms with Crippen molar-refractivity contribution in [3.8, 4) is 0 Å². The largest absolute Gasteiger partial charge is 0.347 e. The molecule has 0 saturated heterocycles. The number of hydrogen-bond donors (Lipinski definition) is 2. The SMILES string of the molecule is O=C(Cc1cccc(Br)c1)NCC(=O)Nc1ccc(Cl)cc1. The lowest BCUT2D eigenvalue weighted by atomic mass is 10.1. The van der Waals surface area contributed by atoms with Crippen LogP contribution in [-0.2, 0) is 16.0 Å². The van der Waals surface area contributed by atoms with Crippen LogP contribution in [0.25, 0.3) is 0 Å². The Morgan fingerprint density at radius 1 is 1.05 bits per heavy atom. The van der Waals surface area contributed by atoms with Crippen molar-refractivity contribution in [1.82, 2.24) is 5.32 Å². The molecule has 2 aromatic rings. The number of rotatable bonds is 5. The fraction of sp³-hybridized carbons (Fsp3) is 0.125. The first-order chi connectivity index (χ1) is 10.5. The van der Waals surface area contributed by atoms with Crippen LogP contribution < -0.4 is 10.6 Å². The zero-order valence-corrected chi connectivity index (χ0v) is 13.9. The minimum absolute atomic E-state index is 0.0739. The minimum Gasteiger partial charge on any atom is -0.347 e. The van der Waals surface area contributed by atoms with Crippen molar-refractivity contribution in [3.63, 3.8) is 0 Å². The Morgan fingerprint density at radius 3 is 2.45 bits per heavy atom. The monoisotopic (exact) mass is 380 g/mol. The summed E-state index contributed by atoms with van der Waals surface area (Å²) < 4.78 is 0.915. The molecular formula is C16H14BrClN2O2. The summed E-state index contributed by atoms with van der Waals surface area (Å²) >= 11 is 9.12. The van der Waals surface area contributed by atoms with E-state index in [9.17, 15) is 9.59 Å². The van der Waals surface area contributed by atoms with Crippen LogP contribution in [0, 0.1) is 0 Å². The van der Waals surface area contributed by atoms with Gasteiger partial charge in [0.2, 0.25) is 11.8 Å². The molecule has 0 atom stereocenters. The molecule has 114 valence electrons. The van der Waals surface area contributed by atoms with E-state index in [1.165, 1.54) is 0 Å². The van der Waals surface area contributed by atoms with Gasteiger partial charge in [0.05, 0.1) is 13.0 Å². The van der Waals surface area contributed by atoms with Crippen LogP contribution in [0.5, 0.6) is 0 Å². The maximum atomic E-state index is 11.8. The summed E-state index contributed by atoms with van der Waals surface area (Å²) in [5.74, 6) is -0.491. The highest BCUT2D eigenvalue weighted by atomic mass is 79.9. The predicted octanol–water partition coefficient (Wildman–Crippen LogP) is 3.40. The lowest BCUT2D eigenvalue weighted by Gasteiger charge is -2.07. The first kappa shape index (κ1) is 16.5. The molecule has 2 N–H and O–H groups in total. The number of nitrogens with one attached hydrogen (secondary N) is 2. The molecule has 0 fully saturated rings. The zero-order valence-electron chi connectivity index (χ0n) is 11.6. The molecular weight excluding hydrogens is 368 g/mol. The smallest absolute Gasteiger partial charge is 0.243 e. The number of benzene rings is 2. The number of carbonyl (C=O) groups is 2. The Kier molecular flexibility index (Phi) is 5.98. The molecule has 0 heterocycles. The van der Waals surface area contributed by atoms with Crippen LogP contribution in [0.2, 0.25) is 5.02 Å². The van der Waals surface area contributed by atoms with E-state index in [0.717, 1.165) is 10.0 Å². The summed E-state index contributed by atoms with van der Waals surface area (Å²) in [6.45, 7) is -0.0739. The van der Waals surface area contributed by atoms with E-state index >= 15 is 0 Å². The second kappa shape index (κ2) is 7.96. The van der Waals surface area contributed by atoms with Gasteiger partial charge in [-0.3, -0.25) is 9.59 Å². The number of halogens is 2. The van der Waals surface area contributed by atoms with Crippen molar-refractivity contribution in [1.29, 1.82) is 0 Å². The second-order valence-corrected chi connectivity index (χ2v) is 5.99. The van der Waals surface area contributed by atoms with Crippen molar-refractivity contribution in [2.45, 2.75) is 6.42 Å². The van der Waals surface area contributed by atoms with E-state index in [-0.39, 0.29) is 24.8 Å². The van der Waals surface area contributed by atoms with Crippen molar-refractivity contribution < 1.29 is 9.59 Å². The van der Waals surface area contributed by atoms with Crippen molar-refractivity contribution in [3.05, 3.63) is 63.6 Å². The van der Waals surface area contributed by atoms with Gasteiger partial charge in [0, 0.05) is 15.2 Å². The van der Waals surface area contributed by atoms with E-state index in [2.05, 4.69) is 26.6 Å². The summed E-state index contributed by atoms with van der Waals surface area (Å²) in [4.78, 5) is 23.5. The van der Waals surface area contributed by atoms with Crippen molar-refractivity contribution in [2.24, 2.45) is 0 Å². The lowest BCUT2D eigenvalue weighted by Crippen LogP contribution is -2.33. The molecule has 0 unspecified atom stereocenters. The Bertz CT molecular complexity index is 674. The molecule has 22 heavy (non-hydrogen) atoms. The van der Waals surface area contributed by atoms with E-state index in [1.54, 1.807) is 24.3 Å². The molecule has 0 aliphatic heterocycles. The van der Waals surface area contributed by atoms with E-state index in [4.69, 9.17) is 11.6 Å². The molecule has 0 radical (unpaired) electrons. The van der Waals surface area contributed by atoms with Gasteiger partial charge in [-0.1, -0.05) is 39.7 Å². The van der Waals surface area contributed by atoms with Gasteiger partial charge in [-0.15, -0.1) is 0 Å². The first-order valence-corrected chi connectivity index (χ1v) is 7.76. The van der Waals surface area contributed by atoms with Crippen LogP contribution in [-0.4, -0.2) is 18.4 Å². The van der Waals surface area contributed by atoms with Crippen LogP contribution >= 0.6 is 27.5 Å². The van der Waals surface area contributed by atoms with Gasteiger partial charge >= 0.3 is 0 Å². The third-order valence-corrected chi connectivity index (χ3v) is 3.57. The third kappa shape index (κ3) is 5.50. The lowest BCUT2D eigenvalue weighted by molar-refractivity contribution is -0.123. The first-order valence-electron chi connectivity index (χ1n) is 6.59. The molecule has 4 nitrogen and oxygen atoms in total. The molecule has 0 bridgehead atoms. The Morgan fingerprint density at radius 2 is 1.77 bits per heavy atom. The fourth-order valence-electron chi connectivity index (χ4n) is 1.81. The molecule has 0 aromatic heterocycles. The standard InChI is InChI=1S/C16H14BrClN2O2/c17-12-3-1-2-11(8-12)9-15(21)19-10-16(22)20-14-6-4-13(18)5-7-14/h1-8H,9-10H2,(H,19,21)(H,20,22). The maximum absolute atomic E-state index is 11.8. The quantitative estimate of drug-likeness (QED) is 0.834. The van der Waals surface area contributed by atoms with Crippen LogP contribution in [0.3, 0.4) is 0 Å². The summed E-state index contributed by atoms with van der Waals surface area (Å²) in [7, 11) is 0. The van der Waals surface area contributed by atoms with Crippen LogP contribution in [0.4, 0.5) is 5.69 Å². The van der Waals surface area contributed by atoms with Gasteiger partial charge in [0.15, 0.2) is 0 Å². The maximum Gasteiger partial charge on any atom is 0.243 e. The highest BCUT2D eigenvalue weighted by molar-refractivity contribution is 9.10. The van der Waals surface area contributed by atoms with Gasteiger partial charge in [-0.25, -0.2) is 0 Å². The molecule has 2 amide bonds. The number of anilines is 1. The van der Waals surface area contributed by atoms with Gasteiger partial charge in [-0.2, -0.15) is 0 Å². The van der Waals surface area contributed by atoms with Gasteiger partial charge in [-0.05, 0) is 42.0 Å². The van der Waals surface area contributed by atoms with Crippen LogP contribution in [0.1, 0.15) is 5.56 Å². The predicted molar refractivity (Wildman–Crippen MR) is 90.9 cm³/mol. The van der Waals surface area contributed by atoms with Crippen LogP contribution in [0.15, 0.2) is 53.0 Å². The Hall–Kier alpha value is -1.85. The van der Waals surface area contributed by atoms with Gasteiger partial charge in [0.1, 0.15) is 0 Å².